The van der Waals surface area contributed by atoms with Gasteiger partial charge in [-0.15, -0.1) is 11.6 Å². The third-order valence-electron chi connectivity index (χ3n) is 3.53. The van der Waals surface area contributed by atoms with Crippen molar-refractivity contribution >= 4 is 23.4 Å². The lowest BCUT2D eigenvalue weighted by molar-refractivity contribution is -0.117. The van der Waals surface area contributed by atoms with Crippen molar-refractivity contribution in [3.8, 4) is 11.3 Å². The van der Waals surface area contributed by atoms with E-state index in [4.69, 9.17) is 16.1 Å². The lowest BCUT2D eigenvalue weighted by Gasteiger charge is -2.10. The highest BCUT2D eigenvalue weighted by molar-refractivity contribution is 6.18. The molecule has 1 unspecified atom stereocenters. The summed E-state index contributed by atoms with van der Waals surface area (Å²) in [5, 5.41) is 4.04. The molecule has 1 aliphatic rings. The maximum Gasteiger partial charge on any atom is 0.234 e. The van der Waals surface area contributed by atoms with Gasteiger partial charge in [-0.3, -0.25) is 9.69 Å². The van der Waals surface area contributed by atoms with Crippen LogP contribution < -0.4 is 4.90 Å². The molecule has 0 spiro atoms. The van der Waals surface area contributed by atoms with E-state index in [2.05, 4.69) is 5.16 Å². The zero-order valence-electron chi connectivity index (χ0n) is 11.2. The summed E-state index contributed by atoms with van der Waals surface area (Å²) in [6.45, 7) is 2.64. The van der Waals surface area contributed by atoms with E-state index in [0.29, 0.717) is 24.7 Å². The summed E-state index contributed by atoms with van der Waals surface area (Å²) >= 11 is 5.82. The second-order valence-corrected chi connectivity index (χ2v) is 5.45. The van der Waals surface area contributed by atoms with Gasteiger partial charge in [0.25, 0.3) is 0 Å². The molecule has 1 fully saturated rings. The Morgan fingerprint density at radius 3 is 2.80 bits per heavy atom. The van der Waals surface area contributed by atoms with Crippen LogP contribution in [0.5, 0.6) is 0 Å². The number of anilines is 1. The van der Waals surface area contributed by atoms with E-state index in [-0.39, 0.29) is 11.8 Å². The fourth-order valence-corrected chi connectivity index (χ4v) is 2.56. The number of aryl methyl sites for hydroxylation is 1. The first-order chi connectivity index (χ1) is 9.67. The maximum absolute atomic E-state index is 11.9. The van der Waals surface area contributed by atoms with Crippen LogP contribution in [0.1, 0.15) is 12.0 Å². The lowest BCUT2D eigenvalue weighted by Crippen LogP contribution is -2.24. The number of hydrogen-bond acceptors (Lipinski definition) is 3. The molecule has 2 heterocycles. The molecule has 1 aromatic heterocycles. The Balaban J connectivity index is 1.83. The molecular weight excluding hydrogens is 276 g/mol. The smallest absolute Gasteiger partial charge is 0.234 e. The predicted molar refractivity (Wildman–Crippen MR) is 77.9 cm³/mol. The topological polar surface area (TPSA) is 46.3 Å². The zero-order valence-corrected chi connectivity index (χ0v) is 11.9. The Kier molecular flexibility index (Phi) is 3.49. The van der Waals surface area contributed by atoms with Crippen LogP contribution >= 0.6 is 11.6 Å². The van der Waals surface area contributed by atoms with Gasteiger partial charge in [0.1, 0.15) is 5.69 Å². The van der Waals surface area contributed by atoms with Gasteiger partial charge in [0.05, 0.1) is 0 Å². The molecule has 0 radical (unpaired) electrons. The van der Waals surface area contributed by atoms with Gasteiger partial charge in [0.15, 0.2) is 0 Å². The molecule has 1 saturated heterocycles. The van der Waals surface area contributed by atoms with Gasteiger partial charge >= 0.3 is 0 Å². The van der Waals surface area contributed by atoms with Crippen LogP contribution in [0.25, 0.3) is 11.3 Å². The normalized spacial score (nSPS) is 18.8. The zero-order chi connectivity index (χ0) is 14.1. The Morgan fingerprint density at radius 1 is 1.40 bits per heavy atom. The maximum atomic E-state index is 11.9. The van der Waals surface area contributed by atoms with Gasteiger partial charge in [-0.25, -0.2) is 0 Å². The van der Waals surface area contributed by atoms with Gasteiger partial charge in [0.2, 0.25) is 11.8 Å². The minimum atomic E-state index is 0.0438. The number of aromatic nitrogens is 1. The predicted octanol–water partition coefficient (Wildman–Crippen LogP) is 3.24. The Hall–Kier alpha value is -1.81. The number of benzene rings is 1. The fourth-order valence-electron chi connectivity index (χ4n) is 2.35. The van der Waals surface area contributed by atoms with E-state index < -0.39 is 0 Å². The molecular formula is C15H15ClN2O2. The van der Waals surface area contributed by atoms with Gasteiger partial charge < -0.3 is 4.52 Å². The standard InChI is InChI=1S/C15H15ClN2O2/c1-10-2-4-12(5-3-10)13-7-15(20-17-13)18-9-11(8-16)6-14(18)19/h2-5,7,11H,6,8-9H2,1H3. The van der Waals surface area contributed by atoms with Crippen molar-refractivity contribution in [1.29, 1.82) is 0 Å². The number of carbonyl (C=O) groups is 1. The van der Waals surface area contributed by atoms with E-state index >= 15 is 0 Å². The van der Waals surface area contributed by atoms with Crippen LogP contribution in [0.2, 0.25) is 0 Å². The molecule has 0 aliphatic carbocycles. The minimum absolute atomic E-state index is 0.0438. The summed E-state index contributed by atoms with van der Waals surface area (Å²) in [5.41, 5.74) is 2.91. The SMILES string of the molecule is Cc1ccc(-c2cc(N3CC(CCl)CC3=O)on2)cc1. The highest BCUT2D eigenvalue weighted by atomic mass is 35.5. The van der Waals surface area contributed by atoms with Gasteiger partial charge in [-0.2, -0.15) is 0 Å². The van der Waals surface area contributed by atoms with Crippen LogP contribution in [0, 0.1) is 12.8 Å². The Bertz CT molecular complexity index is 621. The molecule has 104 valence electrons. The Labute approximate surface area is 122 Å². The number of halogens is 1. The number of rotatable bonds is 3. The first kappa shape index (κ1) is 13.2. The van der Waals surface area contributed by atoms with Crippen molar-refractivity contribution in [2.45, 2.75) is 13.3 Å². The summed E-state index contributed by atoms with van der Waals surface area (Å²) in [7, 11) is 0. The summed E-state index contributed by atoms with van der Waals surface area (Å²) in [6, 6.07) is 9.83. The molecule has 0 bridgehead atoms. The van der Waals surface area contributed by atoms with Crippen molar-refractivity contribution in [3.63, 3.8) is 0 Å². The number of alkyl halides is 1. The molecule has 1 atom stereocenters. The highest BCUT2D eigenvalue weighted by Gasteiger charge is 2.32. The van der Waals surface area contributed by atoms with Crippen LogP contribution in [-0.2, 0) is 4.79 Å². The molecule has 5 heteroatoms. The second kappa shape index (κ2) is 5.29. The molecule has 4 nitrogen and oxygen atoms in total. The number of hydrogen-bond donors (Lipinski definition) is 0. The molecule has 2 aromatic rings. The molecule has 1 amide bonds. The van der Waals surface area contributed by atoms with Crippen molar-refractivity contribution in [1.82, 2.24) is 5.16 Å². The largest absolute Gasteiger partial charge is 0.338 e. The van der Waals surface area contributed by atoms with Crippen molar-refractivity contribution in [2.24, 2.45) is 5.92 Å². The molecule has 20 heavy (non-hydrogen) atoms. The quantitative estimate of drug-likeness (QED) is 0.815. The average molecular weight is 291 g/mol. The number of nitrogens with zero attached hydrogens (tertiary/aromatic N) is 2. The first-order valence-corrected chi connectivity index (χ1v) is 7.11. The molecule has 1 aromatic carbocycles. The van der Waals surface area contributed by atoms with E-state index in [1.54, 1.807) is 11.0 Å². The third-order valence-corrected chi connectivity index (χ3v) is 3.97. The monoisotopic (exact) mass is 290 g/mol. The fraction of sp³-hybridized carbons (Fsp3) is 0.333. The average Bonchev–Trinajstić information content (AvgIpc) is 3.06. The highest BCUT2D eigenvalue weighted by Crippen LogP contribution is 2.29. The lowest BCUT2D eigenvalue weighted by atomic mass is 10.1. The van der Waals surface area contributed by atoms with E-state index in [0.717, 1.165) is 11.3 Å². The number of amides is 1. The third kappa shape index (κ3) is 2.43. The van der Waals surface area contributed by atoms with E-state index in [1.807, 2.05) is 31.2 Å². The van der Waals surface area contributed by atoms with Gasteiger partial charge in [-0.05, 0) is 12.8 Å². The second-order valence-electron chi connectivity index (χ2n) is 5.15. The summed E-state index contributed by atoms with van der Waals surface area (Å²) in [4.78, 5) is 13.5. The first-order valence-electron chi connectivity index (χ1n) is 6.57. The molecule has 0 saturated carbocycles. The summed E-state index contributed by atoms with van der Waals surface area (Å²) in [5.74, 6) is 1.22. The van der Waals surface area contributed by atoms with Gasteiger partial charge in [0, 0.05) is 30.5 Å². The van der Waals surface area contributed by atoms with E-state index in [1.165, 1.54) is 5.56 Å². The van der Waals surface area contributed by atoms with E-state index in [9.17, 15) is 4.79 Å². The minimum Gasteiger partial charge on any atom is -0.338 e. The van der Waals surface area contributed by atoms with Crippen LogP contribution in [0.4, 0.5) is 5.88 Å². The summed E-state index contributed by atoms with van der Waals surface area (Å²) < 4.78 is 5.31. The van der Waals surface area contributed by atoms with Crippen molar-refractivity contribution in [3.05, 3.63) is 35.9 Å². The Morgan fingerprint density at radius 2 is 2.15 bits per heavy atom. The van der Waals surface area contributed by atoms with Crippen LogP contribution in [-0.4, -0.2) is 23.5 Å². The molecule has 0 N–H and O–H groups in total. The molecule has 3 rings (SSSR count). The molecule has 1 aliphatic heterocycles. The number of carbonyl (C=O) groups excluding carboxylic acids is 1. The summed E-state index contributed by atoms with van der Waals surface area (Å²) in [6.07, 6.45) is 0.476. The van der Waals surface area contributed by atoms with Gasteiger partial charge in [-0.1, -0.05) is 35.0 Å². The van der Waals surface area contributed by atoms with Crippen LogP contribution in [0.15, 0.2) is 34.9 Å². The van der Waals surface area contributed by atoms with Crippen molar-refractivity contribution < 1.29 is 9.32 Å². The van der Waals surface area contributed by atoms with Crippen LogP contribution in [0.3, 0.4) is 0 Å². The van der Waals surface area contributed by atoms with Crippen molar-refractivity contribution in [2.75, 3.05) is 17.3 Å².